The van der Waals surface area contributed by atoms with E-state index in [2.05, 4.69) is 5.32 Å². The van der Waals surface area contributed by atoms with E-state index in [-0.39, 0.29) is 11.9 Å². The fourth-order valence-corrected chi connectivity index (χ4v) is 1.49. The van der Waals surface area contributed by atoms with E-state index in [1.165, 1.54) is 0 Å². The third-order valence-corrected chi connectivity index (χ3v) is 2.59. The van der Waals surface area contributed by atoms with Crippen LogP contribution in [0.25, 0.3) is 0 Å². The molecule has 0 aliphatic heterocycles. The summed E-state index contributed by atoms with van der Waals surface area (Å²) < 4.78 is 10.5. The van der Waals surface area contributed by atoms with Crippen LogP contribution in [0.4, 0.5) is 0 Å². The fraction of sp³-hybridized carbons (Fsp3) is 0.500. The molecule has 0 fully saturated rings. The van der Waals surface area contributed by atoms with Gasteiger partial charge in [0.15, 0.2) is 0 Å². The highest BCUT2D eigenvalue weighted by Gasteiger charge is 2.09. The second kappa shape index (κ2) is 8.50. The minimum Gasteiger partial charge on any atom is -0.493 e. The van der Waals surface area contributed by atoms with Gasteiger partial charge in [-0.3, -0.25) is 4.79 Å². The predicted molar refractivity (Wildman–Crippen MR) is 74.4 cm³/mol. The summed E-state index contributed by atoms with van der Waals surface area (Å²) in [7, 11) is 1.66. The van der Waals surface area contributed by atoms with E-state index in [0.29, 0.717) is 31.1 Å². The minimum atomic E-state index is -0.139. The molecular weight excluding hydrogens is 244 g/mol. The number of nitrogens with two attached hydrogens (primary N) is 1. The highest BCUT2D eigenvalue weighted by atomic mass is 16.5. The van der Waals surface area contributed by atoms with E-state index in [0.717, 1.165) is 6.42 Å². The maximum atomic E-state index is 11.9. The summed E-state index contributed by atoms with van der Waals surface area (Å²) >= 11 is 0. The maximum Gasteiger partial charge on any atom is 0.251 e. The number of amides is 1. The number of nitrogens with one attached hydrogen (secondary N) is 1. The average molecular weight is 266 g/mol. The van der Waals surface area contributed by atoms with Crippen molar-refractivity contribution in [1.29, 1.82) is 0 Å². The summed E-state index contributed by atoms with van der Waals surface area (Å²) in [5, 5.41) is 2.81. The number of ether oxygens (including phenoxy) is 2. The molecule has 5 heteroatoms. The molecular formula is C14H22N2O3. The largest absolute Gasteiger partial charge is 0.493 e. The Bertz CT molecular complexity index is 396. The molecule has 5 nitrogen and oxygen atoms in total. The van der Waals surface area contributed by atoms with E-state index in [1.807, 2.05) is 13.0 Å². The van der Waals surface area contributed by atoms with Crippen LogP contribution in [-0.2, 0) is 4.74 Å². The SMILES string of the molecule is COCCCOc1cccc(C(=O)N[C@@H](C)CN)c1. The minimum absolute atomic E-state index is 0.0428. The third kappa shape index (κ3) is 5.72. The predicted octanol–water partition coefficient (Wildman–Crippen LogP) is 1.18. The third-order valence-electron chi connectivity index (χ3n) is 2.59. The van der Waals surface area contributed by atoms with Gasteiger partial charge in [0.2, 0.25) is 0 Å². The van der Waals surface area contributed by atoms with Crippen molar-refractivity contribution in [2.45, 2.75) is 19.4 Å². The van der Waals surface area contributed by atoms with Crippen LogP contribution in [-0.4, -0.2) is 38.8 Å². The molecule has 0 radical (unpaired) electrons. The molecule has 3 N–H and O–H groups in total. The van der Waals surface area contributed by atoms with Crippen LogP contribution in [0.3, 0.4) is 0 Å². The zero-order valence-corrected chi connectivity index (χ0v) is 11.5. The lowest BCUT2D eigenvalue weighted by atomic mass is 10.2. The Kier molecular flexibility index (Phi) is 6.92. The topological polar surface area (TPSA) is 73.6 Å². The number of carbonyl (C=O) groups excluding carboxylic acids is 1. The number of hydrogen-bond acceptors (Lipinski definition) is 4. The summed E-state index contributed by atoms with van der Waals surface area (Å²) in [5.74, 6) is 0.546. The highest BCUT2D eigenvalue weighted by molar-refractivity contribution is 5.94. The number of hydrogen-bond donors (Lipinski definition) is 2. The van der Waals surface area contributed by atoms with Gasteiger partial charge in [0.25, 0.3) is 5.91 Å². The molecule has 0 bridgehead atoms. The Morgan fingerprint density at radius 2 is 2.21 bits per heavy atom. The Morgan fingerprint density at radius 1 is 1.42 bits per heavy atom. The van der Waals surface area contributed by atoms with Crippen LogP contribution >= 0.6 is 0 Å². The number of methoxy groups -OCH3 is 1. The molecule has 0 unspecified atom stereocenters. The lowest BCUT2D eigenvalue weighted by molar-refractivity contribution is 0.0940. The molecule has 0 aliphatic rings. The lowest BCUT2D eigenvalue weighted by Gasteiger charge is -2.12. The summed E-state index contributed by atoms with van der Waals surface area (Å²) in [6.07, 6.45) is 0.817. The summed E-state index contributed by atoms with van der Waals surface area (Å²) in [5.41, 5.74) is 6.04. The first-order chi connectivity index (χ1) is 9.17. The second-order valence-corrected chi connectivity index (χ2v) is 4.33. The van der Waals surface area contributed by atoms with Crippen molar-refractivity contribution in [2.24, 2.45) is 5.73 Å². The monoisotopic (exact) mass is 266 g/mol. The first-order valence-electron chi connectivity index (χ1n) is 6.40. The summed E-state index contributed by atoms with van der Waals surface area (Å²) in [6, 6.07) is 7.06. The van der Waals surface area contributed by atoms with Crippen molar-refractivity contribution in [3.63, 3.8) is 0 Å². The molecule has 19 heavy (non-hydrogen) atoms. The molecule has 106 valence electrons. The van der Waals surface area contributed by atoms with Gasteiger partial charge in [0.05, 0.1) is 6.61 Å². The summed E-state index contributed by atoms with van der Waals surface area (Å²) in [6.45, 7) is 3.51. The molecule has 0 aromatic heterocycles. The van der Waals surface area contributed by atoms with E-state index in [1.54, 1.807) is 25.3 Å². The smallest absolute Gasteiger partial charge is 0.251 e. The van der Waals surface area contributed by atoms with Gasteiger partial charge in [-0.2, -0.15) is 0 Å². The first-order valence-corrected chi connectivity index (χ1v) is 6.40. The van der Waals surface area contributed by atoms with Crippen LogP contribution in [0.1, 0.15) is 23.7 Å². The molecule has 0 spiro atoms. The number of rotatable bonds is 8. The van der Waals surface area contributed by atoms with Crippen LogP contribution in [0.5, 0.6) is 5.75 Å². The zero-order chi connectivity index (χ0) is 14.1. The molecule has 1 aromatic rings. The van der Waals surface area contributed by atoms with Crippen LogP contribution in [0, 0.1) is 0 Å². The van der Waals surface area contributed by atoms with Crippen molar-refractivity contribution in [3.8, 4) is 5.75 Å². The average Bonchev–Trinajstić information content (AvgIpc) is 2.43. The molecule has 1 rings (SSSR count). The molecule has 1 aromatic carbocycles. The standard InChI is InChI=1S/C14H22N2O3/c1-11(10-15)16-14(17)12-5-3-6-13(9-12)19-8-4-7-18-2/h3,5-6,9,11H,4,7-8,10,15H2,1-2H3,(H,16,17)/t11-/m0/s1. The fourth-order valence-electron chi connectivity index (χ4n) is 1.49. The Labute approximate surface area is 114 Å². The van der Waals surface area contributed by atoms with Gasteiger partial charge in [-0.15, -0.1) is 0 Å². The zero-order valence-electron chi connectivity index (χ0n) is 11.5. The van der Waals surface area contributed by atoms with Gasteiger partial charge in [-0.05, 0) is 25.1 Å². The van der Waals surface area contributed by atoms with Crippen molar-refractivity contribution >= 4 is 5.91 Å². The van der Waals surface area contributed by atoms with E-state index in [9.17, 15) is 4.79 Å². The van der Waals surface area contributed by atoms with Gasteiger partial charge < -0.3 is 20.5 Å². The molecule has 0 heterocycles. The van der Waals surface area contributed by atoms with Crippen molar-refractivity contribution in [2.75, 3.05) is 26.9 Å². The second-order valence-electron chi connectivity index (χ2n) is 4.33. The highest BCUT2D eigenvalue weighted by Crippen LogP contribution is 2.13. The Hall–Kier alpha value is -1.59. The molecule has 1 amide bonds. The van der Waals surface area contributed by atoms with Gasteiger partial charge >= 0.3 is 0 Å². The number of carbonyl (C=O) groups is 1. The number of benzene rings is 1. The molecule has 0 aliphatic carbocycles. The van der Waals surface area contributed by atoms with Crippen LogP contribution in [0.2, 0.25) is 0 Å². The molecule has 0 saturated heterocycles. The van der Waals surface area contributed by atoms with Gasteiger partial charge in [0, 0.05) is 38.3 Å². The van der Waals surface area contributed by atoms with Crippen LogP contribution in [0.15, 0.2) is 24.3 Å². The van der Waals surface area contributed by atoms with Crippen LogP contribution < -0.4 is 15.8 Å². The Morgan fingerprint density at radius 3 is 2.89 bits per heavy atom. The lowest BCUT2D eigenvalue weighted by Crippen LogP contribution is -2.37. The van der Waals surface area contributed by atoms with E-state index < -0.39 is 0 Å². The summed E-state index contributed by atoms with van der Waals surface area (Å²) in [4.78, 5) is 11.9. The van der Waals surface area contributed by atoms with E-state index in [4.69, 9.17) is 15.2 Å². The molecule has 0 saturated carbocycles. The van der Waals surface area contributed by atoms with Crippen molar-refractivity contribution in [1.82, 2.24) is 5.32 Å². The van der Waals surface area contributed by atoms with Crippen molar-refractivity contribution < 1.29 is 14.3 Å². The maximum absolute atomic E-state index is 11.9. The quantitative estimate of drug-likeness (QED) is 0.693. The normalized spacial score (nSPS) is 11.9. The first kappa shape index (κ1) is 15.5. The van der Waals surface area contributed by atoms with Gasteiger partial charge in [0.1, 0.15) is 5.75 Å². The van der Waals surface area contributed by atoms with Crippen molar-refractivity contribution in [3.05, 3.63) is 29.8 Å². The van der Waals surface area contributed by atoms with Gasteiger partial charge in [-0.25, -0.2) is 0 Å². The molecule has 1 atom stereocenters. The Balaban J connectivity index is 2.53. The van der Waals surface area contributed by atoms with E-state index >= 15 is 0 Å². The van der Waals surface area contributed by atoms with Gasteiger partial charge in [-0.1, -0.05) is 6.07 Å².